The number of nitrogens with one attached hydrogen (secondary N) is 1. The standard InChI is InChI=1S/C8H13N3O6S2/c1-11-7(6(5-9-11)8(12)13)10-19(16,17)4-3-18(2,14)15/h5,10H,3-4H2,1-2H3,(H,12,13). The van der Waals surface area contributed by atoms with Gasteiger partial charge < -0.3 is 5.11 Å². The molecule has 0 aliphatic heterocycles. The molecule has 0 atom stereocenters. The number of aromatic carboxylic acids is 1. The number of aromatic nitrogens is 2. The molecule has 0 saturated carbocycles. The van der Waals surface area contributed by atoms with Crippen LogP contribution in [-0.2, 0) is 26.9 Å². The van der Waals surface area contributed by atoms with E-state index in [2.05, 4.69) is 5.10 Å². The quantitative estimate of drug-likeness (QED) is 0.681. The van der Waals surface area contributed by atoms with E-state index in [9.17, 15) is 21.6 Å². The third-order valence-corrected chi connectivity index (χ3v) is 4.59. The van der Waals surface area contributed by atoms with E-state index in [4.69, 9.17) is 5.11 Å². The molecule has 0 radical (unpaired) electrons. The first-order valence-electron chi connectivity index (χ1n) is 4.95. The zero-order chi connectivity index (χ0) is 14.8. The van der Waals surface area contributed by atoms with Gasteiger partial charge in [0.2, 0.25) is 10.0 Å². The number of hydrogen-bond donors (Lipinski definition) is 2. The molecule has 11 heteroatoms. The van der Waals surface area contributed by atoms with Crippen molar-refractivity contribution in [1.82, 2.24) is 9.78 Å². The maximum Gasteiger partial charge on any atom is 0.341 e. The van der Waals surface area contributed by atoms with Crippen LogP contribution in [0, 0.1) is 0 Å². The summed E-state index contributed by atoms with van der Waals surface area (Å²) in [6.07, 6.45) is 1.91. The van der Waals surface area contributed by atoms with Crippen LogP contribution in [0.1, 0.15) is 10.4 Å². The van der Waals surface area contributed by atoms with Crippen LogP contribution in [0.2, 0.25) is 0 Å². The number of nitrogens with zero attached hydrogens (tertiary/aromatic N) is 2. The van der Waals surface area contributed by atoms with E-state index in [0.717, 1.165) is 17.1 Å². The molecule has 1 aromatic rings. The lowest BCUT2D eigenvalue weighted by Gasteiger charge is -2.08. The van der Waals surface area contributed by atoms with E-state index in [1.807, 2.05) is 4.72 Å². The van der Waals surface area contributed by atoms with Crippen molar-refractivity contribution in [1.29, 1.82) is 0 Å². The average molecular weight is 311 g/mol. The Morgan fingerprint density at radius 3 is 2.42 bits per heavy atom. The van der Waals surface area contributed by atoms with Crippen molar-refractivity contribution < 1.29 is 26.7 Å². The van der Waals surface area contributed by atoms with Crippen molar-refractivity contribution in [3.63, 3.8) is 0 Å². The third kappa shape index (κ3) is 4.52. The molecular formula is C8H13N3O6S2. The SMILES string of the molecule is Cn1ncc(C(=O)O)c1NS(=O)(=O)CCS(C)(=O)=O. The lowest BCUT2D eigenvalue weighted by Crippen LogP contribution is -2.24. The number of aryl methyl sites for hydroxylation is 1. The second-order valence-corrected chi connectivity index (χ2v) is 7.99. The minimum absolute atomic E-state index is 0.221. The Morgan fingerprint density at radius 2 is 1.95 bits per heavy atom. The van der Waals surface area contributed by atoms with Crippen LogP contribution in [0.3, 0.4) is 0 Å². The van der Waals surface area contributed by atoms with Crippen molar-refractivity contribution in [3.8, 4) is 0 Å². The number of carbonyl (C=O) groups is 1. The predicted molar refractivity (Wildman–Crippen MR) is 67.3 cm³/mol. The van der Waals surface area contributed by atoms with E-state index < -0.39 is 37.3 Å². The van der Waals surface area contributed by atoms with E-state index in [0.29, 0.717) is 0 Å². The first-order chi connectivity index (χ1) is 8.52. The van der Waals surface area contributed by atoms with Gasteiger partial charge in [0, 0.05) is 13.3 Å². The minimum atomic E-state index is -3.97. The van der Waals surface area contributed by atoms with Crippen molar-refractivity contribution in [2.45, 2.75) is 0 Å². The highest BCUT2D eigenvalue weighted by atomic mass is 32.2. The normalized spacial score (nSPS) is 12.3. The van der Waals surface area contributed by atoms with Gasteiger partial charge in [0.15, 0.2) is 5.82 Å². The number of sulfonamides is 1. The van der Waals surface area contributed by atoms with Gasteiger partial charge in [0.05, 0.1) is 17.7 Å². The molecule has 0 aromatic carbocycles. The maximum absolute atomic E-state index is 11.7. The Morgan fingerprint density at radius 1 is 1.37 bits per heavy atom. The lowest BCUT2D eigenvalue weighted by molar-refractivity contribution is 0.0698. The number of carboxylic acids is 1. The molecule has 0 spiro atoms. The molecule has 19 heavy (non-hydrogen) atoms. The van der Waals surface area contributed by atoms with E-state index in [1.165, 1.54) is 7.05 Å². The Hall–Kier alpha value is -1.62. The van der Waals surface area contributed by atoms with Crippen molar-refractivity contribution in [2.24, 2.45) is 7.05 Å². The average Bonchev–Trinajstić information content (AvgIpc) is 2.57. The third-order valence-electron chi connectivity index (χ3n) is 2.14. The number of carboxylic acid groups (broad SMARTS) is 1. The van der Waals surface area contributed by atoms with Gasteiger partial charge in [-0.25, -0.2) is 21.6 Å². The lowest BCUT2D eigenvalue weighted by atomic mass is 10.3. The van der Waals surface area contributed by atoms with Gasteiger partial charge in [-0.2, -0.15) is 5.10 Å². The topological polar surface area (TPSA) is 135 Å². The van der Waals surface area contributed by atoms with Gasteiger partial charge >= 0.3 is 5.97 Å². The molecule has 0 aliphatic rings. The van der Waals surface area contributed by atoms with Crippen LogP contribution < -0.4 is 4.72 Å². The van der Waals surface area contributed by atoms with Crippen LogP contribution in [0.5, 0.6) is 0 Å². The van der Waals surface area contributed by atoms with Gasteiger partial charge in [-0.05, 0) is 0 Å². The highest BCUT2D eigenvalue weighted by Gasteiger charge is 2.21. The molecule has 0 saturated heterocycles. The molecular weight excluding hydrogens is 298 g/mol. The first-order valence-corrected chi connectivity index (χ1v) is 8.66. The van der Waals surface area contributed by atoms with Crippen molar-refractivity contribution in [3.05, 3.63) is 11.8 Å². The smallest absolute Gasteiger partial charge is 0.341 e. The molecule has 1 rings (SSSR count). The van der Waals surface area contributed by atoms with Crippen LogP contribution in [0.4, 0.5) is 5.82 Å². The van der Waals surface area contributed by atoms with Crippen LogP contribution in [0.15, 0.2) is 6.20 Å². The fourth-order valence-electron chi connectivity index (χ4n) is 1.17. The van der Waals surface area contributed by atoms with Gasteiger partial charge in [-0.1, -0.05) is 0 Å². The van der Waals surface area contributed by atoms with E-state index in [1.54, 1.807) is 0 Å². The number of anilines is 1. The Labute approximate surface area is 110 Å². The largest absolute Gasteiger partial charge is 0.477 e. The summed E-state index contributed by atoms with van der Waals surface area (Å²) in [5.41, 5.74) is -0.314. The molecule has 0 unspecified atom stereocenters. The molecule has 9 nitrogen and oxygen atoms in total. The summed E-state index contributed by atoms with van der Waals surface area (Å²) in [5.74, 6) is -2.77. The maximum atomic E-state index is 11.7. The molecule has 0 amide bonds. The summed E-state index contributed by atoms with van der Waals surface area (Å²) in [6, 6.07) is 0. The zero-order valence-electron chi connectivity index (χ0n) is 10.2. The van der Waals surface area contributed by atoms with Gasteiger partial charge in [-0.15, -0.1) is 0 Å². The van der Waals surface area contributed by atoms with E-state index in [-0.39, 0.29) is 11.4 Å². The van der Waals surface area contributed by atoms with Crippen LogP contribution in [0.25, 0.3) is 0 Å². The van der Waals surface area contributed by atoms with E-state index >= 15 is 0 Å². The molecule has 0 bridgehead atoms. The number of rotatable bonds is 6. The molecule has 0 fully saturated rings. The number of sulfone groups is 1. The predicted octanol–water partition coefficient (Wildman–Crippen LogP) is -1.10. The summed E-state index contributed by atoms with van der Waals surface area (Å²) >= 11 is 0. The van der Waals surface area contributed by atoms with Crippen molar-refractivity contribution >= 4 is 31.6 Å². The minimum Gasteiger partial charge on any atom is -0.477 e. The fourth-order valence-corrected chi connectivity index (χ4v) is 3.90. The Bertz CT molecular complexity index is 688. The Balaban J connectivity index is 2.96. The van der Waals surface area contributed by atoms with Gasteiger partial charge in [-0.3, -0.25) is 9.40 Å². The van der Waals surface area contributed by atoms with Crippen LogP contribution >= 0.6 is 0 Å². The Kier molecular flexibility index (Phi) is 4.20. The second-order valence-electron chi connectivity index (χ2n) is 3.89. The summed E-state index contributed by atoms with van der Waals surface area (Å²) < 4.78 is 48.2. The summed E-state index contributed by atoms with van der Waals surface area (Å²) in [4.78, 5) is 10.9. The molecule has 1 aromatic heterocycles. The highest BCUT2D eigenvalue weighted by Crippen LogP contribution is 2.15. The van der Waals surface area contributed by atoms with Gasteiger partial charge in [0.25, 0.3) is 0 Å². The summed E-state index contributed by atoms with van der Waals surface area (Å²) in [6.45, 7) is 0. The molecule has 108 valence electrons. The van der Waals surface area contributed by atoms with Gasteiger partial charge in [0.1, 0.15) is 15.4 Å². The summed E-state index contributed by atoms with van der Waals surface area (Å²) in [7, 11) is -6.04. The first kappa shape index (κ1) is 15.4. The highest BCUT2D eigenvalue weighted by molar-refractivity contribution is 7.95. The van der Waals surface area contributed by atoms with Crippen LogP contribution in [-0.4, -0.2) is 55.5 Å². The zero-order valence-corrected chi connectivity index (χ0v) is 11.8. The second kappa shape index (κ2) is 5.17. The molecule has 0 aliphatic carbocycles. The monoisotopic (exact) mass is 311 g/mol. The fraction of sp³-hybridized carbons (Fsp3) is 0.500. The summed E-state index contributed by atoms with van der Waals surface area (Å²) in [5, 5.41) is 12.5. The number of hydrogen-bond acceptors (Lipinski definition) is 6. The molecule has 2 N–H and O–H groups in total. The molecule has 1 heterocycles. The van der Waals surface area contributed by atoms with Crippen molar-refractivity contribution in [2.75, 3.05) is 22.5 Å².